The lowest BCUT2D eigenvalue weighted by molar-refractivity contribution is -0.132. The molecule has 1 fully saturated rings. The van der Waals surface area contributed by atoms with Crippen molar-refractivity contribution >= 4 is 11.6 Å². The largest absolute Gasteiger partial charge is 0.370 e. The fourth-order valence-electron chi connectivity index (χ4n) is 4.11. The van der Waals surface area contributed by atoms with E-state index in [4.69, 9.17) is 0 Å². The van der Waals surface area contributed by atoms with Crippen molar-refractivity contribution in [1.82, 2.24) is 14.9 Å². The number of nitrogens with zero attached hydrogens (tertiary/aromatic N) is 3. The average molecular weight is 352 g/mol. The molecular formula is C20H24N4O2. The number of benzene rings is 1. The molecule has 3 heterocycles. The van der Waals surface area contributed by atoms with Gasteiger partial charge in [-0.1, -0.05) is 18.2 Å². The van der Waals surface area contributed by atoms with E-state index in [1.807, 2.05) is 11.0 Å². The maximum atomic E-state index is 12.7. The molecule has 2 aromatic rings. The molecule has 2 aliphatic rings. The standard InChI is InChI=1S/C20H24N4O2/c25-19(9-13-23-12-8-15-4-1-2-6-18(15)23)24-11-3-5-16(14-24)17-7-10-21-20(26)22-17/h1-2,4,6-7,10,16H,3,5,8-9,11-14H2,(H,21,22,26)/t16-/m0/s1. The summed E-state index contributed by atoms with van der Waals surface area (Å²) in [7, 11) is 0. The quantitative estimate of drug-likeness (QED) is 0.913. The first kappa shape index (κ1) is 16.8. The molecule has 4 rings (SSSR count). The molecule has 1 aromatic carbocycles. The van der Waals surface area contributed by atoms with E-state index >= 15 is 0 Å². The topological polar surface area (TPSA) is 69.3 Å². The third-order valence-corrected chi connectivity index (χ3v) is 5.49. The highest BCUT2D eigenvalue weighted by Crippen LogP contribution is 2.28. The Hall–Kier alpha value is -2.63. The fourth-order valence-corrected chi connectivity index (χ4v) is 4.11. The number of amides is 1. The Kier molecular flexibility index (Phi) is 4.73. The summed E-state index contributed by atoms with van der Waals surface area (Å²) >= 11 is 0. The highest BCUT2D eigenvalue weighted by Gasteiger charge is 2.26. The zero-order chi connectivity index (χ0) is 17.9. The molecule has 136 valence electrons. The van der Waals surface area contributed by atoms with Crippen LogP contribution in [0.3, 0.4) is 0 Å². The summed E-state index contributed by atoms with van der Waals surface area (Å²) in [5.41, 5.74) is 3.21. The van der Waals surface area contributed by atoms with Crippen LogP contribution in [0, 0.1) is 0 Å². The Morgan fingerprint density at radius 3 is 3.00 bits per heavy atom. The summed E-state index contributed by atoms with van der Waals surface area (Å²) in [6, 6.07) is 10.3. The number of aromatic amines is 1. The first-order chi connectivity index (χ1) is 12.7. The van der Waals surface area contributed by atoms with Gasteiger partial charge >= 0.3 is 5.69 Å². The van der Waals surface area contributed by atoms with E-state index in [1.165, 1.54) is 11.3 Å². The predicted octanol–water partition coefficient (Wildman–Crippen LogP) is 1.93. The molecule has 0 bridgehead atoms. The summed E-state index contributed by atoms with van der Waals surface area (Å²) in [6.45, 7) is 3.24. The number of fused-ring (bicyclic) bond motifs is 1. The summed E-state index contributed by atoms with van der Waals surface area (Å²) in [4.78, 5) is 34.9. The van der Waals surface area contributed by atoms with Crippen molar-refractivity contribution in [3.63, 3.8) is 0 Å². The Morgan fingerprint density at radius 2 is 2.12 bits per heavy atom. The molecule has 0 unspecified atom stereocenters. The summed E-state index contributed by atoms with van der Waals surface area (Å²) in [5, 5.41) is 0. The zero-order valence-electron chi connectivity index (χ0n) is 14.9. The second kappa shape index (κ2) is 7.32. The van der Waals surface area contributed by atoms with Crippen LogP contribution in [-0.4, -0.2) is 47.0 Å². The molecule has 6 heteroatoms. The second-order valence-electron chi connectivity index (χ2n) is 7.12. The van der Waals surface area contributed by atoms with Crippen LogP contribution in [0.4, 0.5) is 5.69 Å². The number of hydrogen-bond acceptors (Lipinski definition) is 4. The van der Waals surface area contributed by atoms with Crippen molar-refractivity contribution < 1.29 is 4.79 Å². The Balaban J connectivity index is 1.35. The fraction of sp³-hybridized carbons (Fsp3) is 0.450. The third kappa shape index (κ3) is 3.49. The summed E-state index contributed by atoms with van der Waals surface area (Å²) < 4.78 is 0. The Bertz CT molecular complexity index is 847. The molecule has 26 heavy (non-hydrogen) atoms. The van der Waals surface area contributed by atoms with Crippen LogP contribution in [0.15, 0.2) is 41.3 Å². The van der Waals surface area contributed by atoms with Gasteiger partial charge in [-0.15, -0.1) is 0 Å². The van der Waals surface area contributed by atoms with Gasteiger partial charge in [-0.3, -0.25) is 4.79 Å². The van der Waals surface area contributed by atoms with Gasteiger partial charge in [0, 0.05) is 56.1 Å². The molecule has 0 aliphatic carbocycles. The normalized spacial score (nSPS) is 19.5. The SMILES string of the molecule is O=C(CCN1CCc2ccccc21)N1CCC[C@H](c2ccnc(=O)[nH]2)C1. The van der Waals surface area contributed by atoms with Crippen LogP contribution in [0.25, 0.3) is 0 Å². The van der Waals surface area contributed by atoms with Crippen molar-refractivity contribution in [2.24, 2.45) is 0 Å². The van der Waals surface area contributed by atoms with E-state index in [9.17, 15) is 9.59 Å². The van der Waals surface area contributed by atoms with Crippen LogP contribution in [0.5, 0.6) is 0 Å². The van der Waals surface area contributed by atoms with E-state index in [1.54, 1.807) is 6.20 Å². The van der Waals surface area contributed by atoms with Gasteiger partial charge in [0.1, 0.15) is 0 Å². The Morgan fingerprint density at radius 1 is 1.23 bits per heavy atom. The lowest BCUT2D eigenvalue weighted by Gasteiger charge is -2.33. The van der Waals surface area contributed by atoms with Crippen molar-refractivity contribution in [1.29, 1.82) is 0 Å². The minimum absolute atomic E-state index is 0.191. The number of H-pyrrole nitrogens is 1. The summed E-state index contributed by atoms with van der Waals surface area (Å²) in [6.07, 6.45) is 5.09. The molecule has 1 atom stereocenters. The molecule has 1 aromatic heterocycles. The number of nitrogens with one attached hydrogen (secondary N) is 1. The van der Waals surface area contributed by atoms with Gasteiger partial charge < -0.3 is 14.8 Å². The predicted molar refractivity (Wildman–Crippen MR) is 100 cm³/mol. The molecule has 0 saturated carbocycles. The minimum atomic E-state index is -0.321. The molecule has 0 spiro atoms. The Labute approximate surface area is 152 Å². The van der Waals surface area contributed by atoms with E-state index in [2.05, 4.69) is 39.1 Å². The highest BCUT2D eigenvalue weighted by molar-refractivity contribution is 5.77. The first-order valence-corrected chi connectivity index (χ1v) is 9.36. The van der Waals surface area contributed by atoms with Gasteiger partial charge in [-0.2, -0.15) is 0 Å². The monoisotopic (exact) mass is 352 g/mol. The van der Waals surface area contributed by atoms with Crippen LogP contribution in [-0.2, 0) is 11.2 Å². The number of carbonyl (C=O) groups excluding carboxylic acids is 1. The molecule has 1 amide bonds. The molecule has 1 N–H and O–H groups in total. The number of aromatic nitrogens is 2. The van der Waals surface area contributed by atoms with Gasteiger partial charge in [-0.25, -0.2) is 9.78 Å². The lowest BCUT2D eigenvalue weighted by Crippen LogP contribution is -2.41. The first-order valence-electron chi connectivity index (χ1n) is 9.36. The molecular weight excluding hydrogens is 328 g/mol. The van der Waals surface area contributed by atoms with Crippen LogP contribution >= 0.6 is 0 Å². The van der Waals surface area contributed by atoms with Gasteiger partial charge in [0.2, 0.25) is 5.91 Å². The van der Waals surface area contributed by atoms with Crippen LogP contribution in [0.2, 0.25) is 0 Å². The van der Waals surface area contributed by atoms with Gasteiger partial charge in [-0.05, 0) is 37.0 Å². The number of rotatable bonds is 4. The summed E-state index contributed by atoms with van der Waals surface area (Å²) in [5.74, 6) is 0.395. The zero-order valence-corrected chi connectivity index (χ0v) is 14.9. The average Bonchev–Trinajstić information content (AvgIpc) is 3.09. The van der Waals surface area contributed by atoms with E-state index in [0.717, 1.165) is 44.6 Å². The van der Waals surface area contributed by atoms with Gasteiger partial charge in [0.05, 0.1) is 0 Å². The smallest absolute Gasteiger partial charge is 0.345 e. The van der Waals surface area contributed by atoms with Crippen LogP contribution < -0.4 is 10.6 Å². The molecule has 6 nitrogen and oxygen atoms in total. The molecule has 2 aliphatic heterocycles. The second-order valence-corrected chi connectivity index (χ2v) is 7.12. The van der Waals surface area contributed by atoms with E-state index < -0.39 is 0 Å². The lowest BCUT2D eigenvalue weighted by atomic mass is 9.94. The van der Waals surface area contributed by atoms with Crippen molar-refractivity contribution in [2.75, 3.05) is 31.1 Å². The molecule has 1 saturated heterocycles. The van der Waals surface area contributed by atoms with Crippen molar-refractivity contribution in [2.45, 2.75) is 31.6 Å². The number of likely N-dealkylation sites (tertiary alicyclic amines) is 1. The number of hydrogen-bond donors (Lipinski definition) is 1. The van der Waals surface area contributed by atoms with Gasteiger partial charge in [0.15, 0.2) is 0 Å². The number of carbonyl (C=O) groups is 1. The third-order valence-electron chi connectivity index (χ3n) is 5.49. The minimum Gasteiger partial charge on any atom is -0.370 e. The van der Waals surface area contributed by atoms with Crippen molar-refractivity contribution in [3.8, 4) is 0 Å². The van der Waals surface area contributed by atoms with Crippen molar-refractivity contribution in [3.05, 3.63) is 58.3 Å². The number of anilines is 1. The number of para-hydroxylation sites is 1. The maximum Gasteiger partial charge on any atom is 0.345 e. The van der Waals surface area contributed by atoms with Gasteiger partial charge in [0.25, 0.3) is 0 Å². The van der Waals surface area contributed by atoms with E-state index in [-0.39, 0.29) is 17.5 Å². The van der Waals surface area contributed by atoms with Crippen LogP contribution in [0.1, 0.15) is 36.4 Å². The number of piperidine rings is 1. The maximum absolute atomic E-state index is 12.7. The molecule has 0 radical (unpaired) electrons. The highest BCUT2D eigenvalue weighted by atomic mass is 16.2. The van der Waals surface area contributed by atoms with E-state index in [0.29, 0.717) is 13.0 Å².